The molecule has 0 fully saturated rings. The summed E-state index contributed by atoms with van der Waals surface area (Å²) in [5.41, 5.74) is 0.533. The lowest BCUT2D eigenvalue weighted by atomic mass is 10.2. The van der Waals surface area contributed by atoms with Crippen LogP contribution < -0.4 is 14.2 Å². The van der Waals surface area contributed by atoms with E-state index in [4.69, 9.17) is 18.6 Å². The molecule has 0 saturated carbocycles. The summed E-state index contributed by atoms with van der Waals surface area (Å²) in [4.78, 5) is 0. The van der Waals surface area contributed by atoms with Crippen molar-refractivity contribution >= 4 is 11.8 Å². The average molecular weight is 332 g/mol. The molecule has 1 heterocycles. The van der Waals surface area contributed by atoms with Gasteiger partial charge in [-0.15, -0.1) is 10.2 Å². The number of hydrogen-bond acceptors (Lipinski definition) is 7. The molecular formula is C13H14F2N2O4S. The third kappa shape index (κ3) is 3.59. The van der Waals surface area contributed by atoms with Crippen LogP contribution in [0.2, 0.25) is 0 Å². The van der Waals surface area contributed by atoms with Crippen LogP contribution in [0, 0.1) is 0 Å². The van der Waals surface area contributed by atoms with Crippen molar-refractivity contribution in [3.63, 3.8) is 0 Å². The lowest BCUT2D eigenvalue weighted by molar-refractivity contribution is 0.176. The lowest BCUT2D eigenvalue weighted by Gasteiger charge is -2.12. The van der Waals surface area contributed by atoms with Gasteiger partial charge in [-0.25, -0.2) is 8.78 Å². The van der Waals surface area contributed by atoms with Crippen LogP contribution >= 0.6 is 11.8 Å². The zero-order valence-electron chi connectivity index (χ0n) is 12.1. The maximum absolute atomic E-state index is 12.2. The Bertz CT molecular complexity index is 611. The normalized spacial score (nSPS) is 10.8. The molecule has 0 atom stereocenters. The van der Waals surface area contributed by atoms with Gasteiger partial charge in [-0.05, 0) is 12.1 Å². The van der Waals surface area contributed by atoms with Crippen molar-refractivity contribution in [3.8, 4) is 28.7 Å². The van der Waals surface area contributed by atoms with Gasteiger partial charge in [0, 0.05) is 5.56 Å². The second kappa shape index (κ2) is 7.30. The number of alkyl halides is 2. The van der Waals surface area contributed by atoms with Crippen molar-refractivity contribution in [2.75, 3.05) is 27.1 Å². The van der Waals surface area contributed by atoms with E-state index in [-0.39, 0.29) is 11.1 Å². The monoisotopic (exact) mass is 332 g/mol. The predicted octanol–water partition coefficient (Wildman–Crippen LogP) is 3.12. The SMILES string of the molecule is COc1cc(-c2nnc(SCC(F)F)o2)cc(OC)c1OC. The van der Waals surface area contributed by atoms with Crippen LogP contribution in [-0.4, -0.2) is 43.7 Å². The highest BCUT2D eigenvalue weighted by molar-refractivity contribution is 7.99. The molecule has 0 aliphatic heterocycles. The van der Waals surface area contributed by atoms with Gasteiger partial charge in [0.25, 0.3) is 5.22 Å². The third-order valence-corrected chi connectivity index (χ3v) is 3.48. The molecule has 0 aliphatic rings. The quantitative estimate of drug-likeness (QED) is 0.722. The Labute approximate surface area is 129 Å². The summed E-state index contributed by atoms with van der Waals surface area (Å²) < 4.78 is 45.4. The number of benzene rings is 1. The molecule has 0 bridgehead atoms. The largest absolute Gasteiger partial charge is 0.493 e. The van der Waals surface area contributed by atoms with E-state index in [9.17, 15) is 8.78 Å². The number of halogens is 2. The highest BCUT2D eigenvalue weighted by atomic mass is 32.2. The molecular weight excluding hydrogens is 318 g/mol. The number of hydrogen-bond donors (Lipinski definition) is 0. The molecule has 1 aromatic heterocycles. The fraction of sp³-hybridized carbons (Fsp3) is 0.385. The van der Waals surface area contributed by atoms with E-state index in [1.165, 1.54) is 21.3 Å². The fourth-order valence-electron chi connectivity index (χ4n) is 1.72. The predicted molar refractivity (Wildman–Crippen MR) is 76.1 cm³/mol. The van der Waals surface area contributed by atoms with Gasteiger partial charge in [0.1, 0.15) is 0 Å². The highest BCUT2D eigenvalue weighted by Crippen LogP contribution is 2.41. The molecule has 0 aliphatic carbocycles. The molecule has 22 heavy (non-hydrogen) atoms. The summed E-state index contributed by atoms with van der Waals surface area (Å²) in [6.45, 7) is 0. The molecule has 0 radical (unpaired) electrons. The summed E-state index contributed by atoms with van der Waals surface area (Å²) in [6.07, 6.45) is -2.44. The number of rotatable bonds is 7. The Balaban J connectivity index is 2.32. The van der Waals surface area contributed by atoms with Crippen LogP contribution in [0.4, 0.5) is 8.78 Å². The summed E-state index contributed by atoms with van der Waals surface area (Å²) in [5, 5.41) is 7.63. The number of methoxy groups -OCH3 is 3. The molecule has 0 unspecified atom stereocenters. The summed E-state index contributed by atoms with van der Waals surface area (Å²) in [6, 6.07) is 3.27. The molecule has 0 saturated heterocycles. The lowest BCUT2D eigenvalue weighted by Crippen LogP contribution is -1.95. The third-order valence-electron chi connectivity index (χ3n) is 2.65. The molecule has 2 rings (SSSR count). The molecule has 6 nitrogen and oxygen atoms in total. The number of thioether (sulfide) groups is 1. The first kappa shape index (κ1) is 16.3. The van der Waals surface area contributed by atoms with E-state index in [1.54, 1.807) is 12.1 Å². The minimum Gasteiger partial charge on any atom is -0.493 e. The van der Waals surface area contributed by atoms with Crippen LogP contribution in [0.1, 0.15) is 0 Å². The maximum Gasteiger partial charge on any atom is 0.277 e. The van der Waals surface area contributed by atoms with E-state index in [0.717, 1.165) is 11.8 Å². The van der Waals surface area contributed by atoms with Crippen LogP contribution in [-0.2, 0) is 0 Å². The van der Waals surface area contributed by atoms with E-state index >= 15 is 0 Å². The number of aromatic nitrogens is 2. The molecule has 0 spiro atoms. The molecule has 2 aromatic rings. The first-order valence-corrected chi connectivity index (χ1v) is 7.12. The Kier molecular flexibility index (Phi) is 5.42. The average Bonchev–Trinajstić information content (AvgIpc) is 3.00. The molecule has 120 valence electrons. The summed E-state index contributed by atoms with van der Waals surface area (Å²) >= 11 is 0.794. The van der Waals surface area contributed by atoms with Crippen molar-refractivity contribution in [2.24, 2.45) is 0 Å². The van der Waals surface area contributed by atoms with Gasteiger partial charge in [0.05, 0.1) is 27.1 Å². The smallest absolute Gasteiger partial charge is 0.277 e. The van der Waals surface area contributed by atoms with Gasteiger partial charge in [0.2, 0.25) is 18.1 Å². The van der Waals surface area contributed by atoms with Crippen LogP contribution in [0.15, 0.2) is 21.8 Å². The van der Waals surface area contributed by atoms with E-state index < -0.39 is 12.2 Å². The minimum absolute atomic E-state index is 0.0732. The summed E-state index contributed by atoms with van der Waals surface area (Å²) in [5.74, 6) is 1.06. The Morgan fingerprint density at radius 1 is 1.09 bits per heavy atom. The van der Waals surface area contributed by atoms with Gasteiger partial charge in [0.15, 0.2) is 11.5 Å². The minimum atomic E-state index is -2.44. The van der Waals surface area contributed by atoms with Gasteiger partial charge >= 0.3 is 0 Å². The van der Waals surface area contributed by atoms with E-state index in [0.29, 0.717) is 22.8 Å². The molecule has 1 aromatic carbocycles. The fourth-order valence-corrected chi connectivity index (χ4v) is 2.23. The van der Waals surface area contributed by atoms with Crippen molar-refractivity contribution in [1.29, 1.82) is 0 Å². The van der Waals surface area contributed by atoms with Crippen molar-refractivity contribution < 1.29 is 27.4 Å². The standard InChI is InChI=1S/C13H14F2N2O4S/c1-18-8-4-7(5-9(19-2)11(8)20-3)12-16-17-13(21-12)22-6-10(14)15/h4-5,10H,6H2,1-3H3. The van der Waals surface area contributed by atoms with E-state index in [1.807, 2.05) is 0 Å². The van der Waals surface area contributed by atoms with E-state index in [2.05, 4.69) is 10.2 Å². The maximum atomic E-state index is 12.2. The number of nitrogens with zero attached hydrogens (tertiary/aromatic N) is 2. The van der Waals surface area contributed by atoms with Gasteiger partial charge in [-0.2, -0.15) is 0 Å². The van der Waals surface area contributed by atoms with Crippen molar-refractivity contribution in [3.05, 3.63) is 12.1 Å². The Morgan fingerprint density at radius 3 is 2.23 bits per heavy atom. The van der Waals surface area contributed by atoms with Crippen LogP contribution in [0.5, 0.6) is 17.2 Å². The van der Waals surface area contributed by atoms with Gasteiger partial charge < -0.3 is 18.6 Å². The molecule has 0 N–H and O–H groups in total. The Hall–Kier alpha value is -2.03. The molecule has 0 amide bonds. The summed E-state index contributed by atoms with van der Waals surface area (Å²) in [7, 11) is 4.46. The highest BCUT2D eigenvalue weighted by Gasteiger charge is 2.18. The zero-order valence-corrected chi connectivity index (χ0v) is 12.9. The first-order valence-electron chi connectivity index (χ1n) is 6.13. The Morgan fingerprint density at radius 2 is 1.73 bits per heavy atom. The van der Waals surface area contributed by atoms with Gasteiger partial charge in [-0.3, -0.25) is 0 Å². The van der Waals surface area contributed by atoms with Crippen LogP contribution in [0.3, 0.4) is 0 Å². The van der Waals surface area contributed by atoms with Crippen LogP contribution in [0.25, 0.3) is 11.5 Å². The number of ether oxygens (including phenoxy) is 3. The zero-order chi connectivity index (χ0) is 16.1. The first-order chi connectivity index (χ1) is 10.6. The topological polar surface area (TPSA) is 66.6 Å². The second-order valence-electron chi connectivity index (χ2n) is 3.99. The van der Waals surface area contributed by atoms with Crippen molar-refractivity contribution in [2.45, 2.75) is 11.6 Å². The second-order valence-corrected chi connectivity index (χ2v) is 4.96. The van der Waals surface area contributed by atoms with Crippen molar-refractivity contribution in [1.82, 2.24) is 10.2 Å². The van der Waals surface area contributed by atoms with Gasteiger partial charge in [-0.1, -0.05) is 11.8 Å². The molecule has 9 heteroatoms.